The van der Waals surface area contributed by atoms with Gasteiger partial charge in [-0.25, -0.2) is 0 Å². The zero-order valence-electron chi connectivity index (χ0n) is 18.7. The molecule has 1 aliphatic heterocycles. The summed E-state index contributed by atoms with van der Waals surface area (Å²) in [6.45, 7) is 5.31. The molecule has 0 radical (unpaired) electrons. The number of nitrogens with one attached hydrogen (secondary N) is 1. The first-order valence-corrected chi connectivity index (χ1v) is 11.1. The number of carbonyl (C=O) groups excluding carboxylic acids is 1. The Morgan fingerprint density at radius 3 is 2.58 bits per heavy atom. The van der Waals surface area contributed by atoms with Crippen LogP contribution in [0.4, 0.5) is 0 Å². The van der Waals surface area contributed by atoms with Crippen LogP contribution in [-0.2, 0) is 10.3 Å². The summed E-state index contributed by atoms with van der Waals surface area (Å²) in [5.41, 5.74) is 4.51. The second-order valence-electron chi connectivity index (χ2n) is 9.92. The van der Waals surface area contributed by atoms with Crippen molar-refractivity contribution in [1.29, 1.82) is 0 Å². The fourth-order valence-corrected chi connectivity index (χ4v) is 6.20. The van der Waals surface area contributed by atoms with Crippen LogP contribution in [0.3, 0.4) is 0 Å². The van der Waals surface area contributed by atoms with Gasteiger partial charge in [-0.2, -0.15) is 0 Å². The molecular weight excluding hydrogens is 388 g/mol. The van der Waals surface area contributed by atoms with Crippen molar-refractivity contribution >= 4 is 16.7 Å². The van der Waals surface area contributed by atoms with E-state index < -0.39 is 0 Å². The number of aromatic nitrogens is 1. The van der Waals surface area contributed by atoms with Crippen LogP contribution in [0.1, 0.15) is 55.8 Å². The number of aromatic amines is 1. The number of fused-ring (bicyclic) bond motifs is 4. The van der Waals surface area contributed by atoms with Crippen molar-refractivity contribution in [1.82, 2.24) is 4.98 Å². The van der Waals surface area contributed by atoms with E-state index in [2.05, 4.69) is 54.5 Å². The molecule has 0 unspecified atom stereocenters. The molecule has 1 saturated carbocycles. The molecule has 2 aliphatic rings. The largest absolute Gasteiger partial charge is 0.493 e. The molecular formula is C26H31N2O3+. The van der Waals surface area contributed by atoms with Gasteiger partial charge < -0.3 is 19.8 Å². The Morgan fingerprint density at radius 1 is 1.03 bits per heavy atom. The van der Waals surface area contributed by atoms with Crippen LogP contribution in [0.5, 0.6) is 11.5 Å². The van der Waals surface area contributed by atoms with Crippen LogP contribution < -0.4 is 14.8 Å². The molecule has 1 aromatic heterocycles. The number of hydrogen-bond acceptors (Lipinski definition) is 3. The van der Waals surface area contributed by atoms with Crippen LogP contribution in [0, 0.1) is 5.41 Å². The molecule has 5 heteroatoms. The molecule has 5 nitrogen and oxygen atoms in total. The number of ketones is 1. The lowest BCUT2D eigenvalue weighted by Gasteiger charge is -2.45. The number of H-pyrrole nitrogens is 1. The molecule has 1 fully saturated rings. The number of Topliss-reactive ketones (excluding diaryl/α,β-unsaturated/α-hetero) is 1. The van der Waals surface area contributed by atoms with E-state index in [9.17, 15) is 4.79 Å². The van der Waals surface area contributed by atoms with Gasteiger partial charge in [-0.1, -0.05) is 44.2 Å². The number of nitrogens with two attached hydrogens (primary N) is 1. The maximum atomic E-state index is 12.8. The minimum atomic E-state index is -0.240. The summed E-state index contributed by atoms with van der Waals surface area (Å²) < 4.78 is 11.4. The van der Waals surface area contributed by atoms with Crippen molar-refractivity contribution < 1.29 is 19.6 Å². The summed E-state index contributed by atoms with van der Waals surface area (Å²) in [5, 5.41) is 3.64. The standard InChI is InChI=1S/C26H30N2O3/c1-25(2)12-16(29)13-26(15-25)24-22(18-8-5-6-10-20(18)28-24)19(14-27-26)17-9-7-11-21(30-3)23(17)31-4/h5-11,19,27-28H,12-15H2,1-4H3/p+1/t19-,26+/m0/s1. The lowest BCUT2D eigenvalue weighted by atomic mass is 9.63. The summed E-state index contributed by atoms with van der Waals surface area (Å²) in [7, 11) is 3.38. The van der Waals surface area contributed by atoms with Gasteiger partial charge in [0, 0.05) is 34.9 Å². The zero-order valence-corrected chi connectivity index (χ0v) is 18.7. The molecule has 3 aromatic rings. The molecule has 31 heavy (non-hydrogen) atoms. The Morgan fingerprint density at radius 2 is 1.84 bits per heavy atom. The highest BCUT2D eigenvalue weighted by Gasteiger charge is 2.53. The maximum Gasteiger partial charge on any atom is 0.164 e. The Bertz CT molecular complexity index is 1160. The van der Waals surface area contributed by atoms with E-state index in [4.69, 9.17) is 9.47 Å². The first kappa shape index (κ1) is 20.1. The van der Waals surface area contributed by atoms with Crippen molar-refractivity contribution in [3.8, 4) is 11.5 Å². The summed E-state index contributed by atoms with van der Waals surface area (Å²) in [4.78, 5) is 16.6. The Balaban J connectivity index is 1.74. The van der Waals surface area contributed by atoms with E-state index in [-0.39, 0.29) is 16.9 Å². The van der Waals surface area contributed by atoms with E-state index in [1.165, 1.54) is 16.6 Å². The molecule has 2 atom stereocenters. The number of methoxy groups -OCH3 is 2. The van der Waals surface area contributed by atoms with Crippen molar-refractivity contribution in [2.45, 2.75) is 44.6 Å². The zero-order chi connectivity index (χ0) is 21.8. The topological polar surface area (TPSA) is 67.9 Å². The van der Waals surface area contributed by atoms with E-state index in [1.807, 2.05) is 12.1 Å². The smallest absolute Gasteiger partial charge is 0.164 e. The molecule has 1 spiro atoms. The average molecular weight is 420 g/mol. The van der Waals surface area contributed by atoms with Crippen molar-refractivity contribution in [3.63, 3.8) is 0 Å². The van der Waals surface area contributed by atoms with Gasteiger partial charge in [0.15, 0.2) is 11.5 Å². The normalized spacial score (nSPS) is 24.9. The predicted molar refractivity (Wildman–Crippen MR) is 121 cm³/mol. The number of carbonyl (C=O) groups is 1. The molecule has 162 valence electrons. The van der Waals surface area contributed by atoms with Gasteiger partial charge in [-0.05, 0) is 17.5 Å². The number of para-hydroxylation sites is 2. The third-order valence-corrected chi connectivity index (χ3v) is 7.13. The van der Waals surface area contributed by atoms with Gasteiger partial charge in [-0.15, -0.1) is 0 Å². The van der Waals surface area contributed by atoms with Gasteiger partial charge in [0.25, 0.3) is 0 Å². The minimum absolute atomic E-state index is 0.0130. The monoisotopic (exact) mass is 419 g/mol. The number of ether oxygens (including phenoxy) is 2. The summed E-state index contributed by atoms with van der Waals surface area (Å²) in [6.07, 6.45) is 2.22. The molecule has 2 heterocycles. The van der Waals surface area contributed by atoms with Gasteiger partial charge in [0.2, 0.25) is 0 Å². The number of benzene rings is 2. The molecule has 2 aromatic carbocycles. The SMILES string of the molecule is COc1cccc([C@@H]2C[NH2+][C@@]3(CC(=O)CC(C)(C)C3)c3[nH]c4ccccc4c32)c1OC. The van der Waals surface area contributed by atoms with Gasteiger partial charge in [0.05, 0.1) is 38.8 Å². The Labute approximate surface area is 183 Å². The van der Waals surface area contributed by atoms with Crippen LogP contribution in [0.25, 0.3) is 10.9 Å². The summed E-state index contributed by atoms with van der Waals surface area (Å²) in [6, 6.07) is 14.6. The highest BCUT2D eigenvalue weighted by Crippen LogP contribution is 2.49. The maximum absolute atomic E-state index is 12.8. The number of quaternary nitrogens is 1. The molecule has 1 aliphatic carbocycles. The lowest BCUT2D eigenvalue weighted by Crippen LogP contribution is -2.98. The molecule has 3 N–H and O–H groups in total. The van der Waals surface area contributed by atoms with Gasteiger partial charge in [0.1, 0.15) is 11.3 Å². The van der Waals surface area contributed by atoms with Gasteiger partial charge in [-0.3, -0.25) is 4.79 Å². The molecule has 5 rings (SSSR count). The first-order valence-electron chi connectivity index (χ1n) is 11.1. The highest BCUT2D eigenvalue weighted by atomic mass is 16.5. The average Bonchev–Trinajstić information content (AvgIpc) is 3.13. The van der Waals surface area contributed by atoms with Gasteiger partial charge >= 0.3 is 0 Å². The van der Waals surface area contributed by atoms with Crippen molar-refractivity contribution in [2.24, 2.45) is 5.41 Å². The summed E-state index contributed by atoms with van der Waals surface area (Å²) >= 11 is 0. The fourth-order valence-electron chi connectivity index (χ4n) is 6.20. The quantitative estimate of drug-likeness (QED) is 0.677. The van der Waals surface area contributed by atoms with Crippen LogP contribution in [0.2, 0.25) is 0 Å². The summed E-state index contributed by atoms with van der Waals surface area (Å²) in [5.74, 6) is 2.03. The van der Waals surface area contributed by atoms with Crippen LogP contribution in [-0.4, -0.2) is 31.5 Å². The Hall–Kier alpha value is -2.79. The third kappa shape index (κ3) is 3.14. The highest BCUT2D eigenvalue weighted by molar-refractivity contribution is 5.88. The lowest BCUT2D eigenvalue weighted by molar-refractivity contribution is -0.744. The number of hydrogen-bond donors (Lipinski definition) is 2. The van der Waals surface area contributed by atoms with Crippen LogP contribution in [0.15, 0.2) is 42.5 Å². The third-order valence-electron chi connectivity index (χ3n) is 7.13. The minimum Gasteiger partial charge on any atom is -0.493 e. The molecule has 0 saturated heterocycles. The molecule has 0 amide bonds. The molecule has 0 bridgehead atoms. The van der Waals surface area contributed by atoms with Crippen molar-refractivity contribution in [2.75, 3.05) is 20.8 Å². The number of rotatable bonds is 3. The van der Waals surface area contributed by atoms with E-state index in [1.54, 1.807) is 14.2 Å². The second-order valence-corrected chi connectivity index (χ2v) is 9.92. The van der Waals surface area contributed by atoms with Crippen LogP contribution >= 0.6 is 0 Å². The second kappa shape index (κ2) is 7.13. The van der Waals surface area contributed by atoms with Crippen molar-refractivity contribution in [3.05, 3.63) is 59.3 Å². The first-order chi connectivity index (χ1) is 14.9. The van der Waals surface area contributed by atoms with E-state index in [0.717, 1.165) is 35.5 Å². The van der Waals surface area contributed by atoms with E-state index >= 15 is 0 Å². The predicted octanol–water partition coefficient (Wildman–Crippen LogP) is 3.87. The van der Waals surface area contributed by atoms with E-state index in [0.29, 0.717) is 18.6 Å². The Kier molecular flexibility index (Phi) is 4.63. The fraction of sp³-hybridized carbons (Fsp3) is 0.423.